The summed E-state index contributed by atoms with van der Waals surface area (Å²) in [5, 5.41) is 9.87. The predicted octanol–water partition coefficient (Wildman–Crippen LogP) is 6.48. The van der Waals surface area contributed by atoms with E-state index in [1.807, 2.05) is 30.3 Å². The minimum Gasteiger partial charge on any atom is -0.271 e. The van der Waals surface area contributed by atoms with E-state index in [-0.39, 0.29) is 10.9 Å². The molecule has 3 aromatic heterocycles. The molecule has 5 rings (SSSR count). The molecule has 2 aromatic carbocycles. The lowest BCUT2D eigenvalue weighted by Gasteiger charge is -2.23. The van der Waals surface area contributed by atoms with Crippen molar-refractivity contribution in [1.82, 2.24) is 19.6 Å². The summed E-state index contributed by atoms with van der Waals surface area (Å²) < 4.78 is 42.9. The highest BCUT2D eigenvalue weighted by atomic mass is 32.1. The number of aromatic nitrogens is 4. The highest BCUT2D eigenvalue weighted by molar-refractivity contribution is 7.24. The summed E-state index contributed by atoms with van der Waals surface area (Å²) in [6, 6.07) is 12.1. The van der Waals surface area contributed by atoms with E-state index in [9.17, 15) is 13.2 Å². The summed E-state index contributed by atoms with van der Waals surface area (Å²) in [5.74, 6) is 0. The number of halogens is 3. The molecule has 0 aliphatic heterocycles. The molecule has 0 amide bonds. The molecule has 0 saturated heterocycles. The molecular formula is C22H17F3N4S. The van der Waals surface area contributed by atoms with Crippen LogP contribution in [0.5, 0.6) is 0 Å². The van der Waals surface area contributed by atoms with Gasteiger partial charge in [0.2, 0.25) is 4.96 Å². The average Bonchev–Trinajstić information content (AvgIpc) is 3.26. The van der Waals surface area contributed by atoms with Crippen molar-refractivity contribution in [2.75, 3.05) is 0 Å². The monoisotopic (exact) mass is 426 g/mol. The highest BCUT2D eigenvalue weighted by Gasteiger charge is 2.36. The van der Waals surface area contributed by atoms with Crippen LogP contribution in [-0.4, -0.2) is 19.6 Å². The van der Waals surface area contributed by atoms with Gasteiger partial charge in [0.05, 0.1) is 21.5 Å². The quantitative estimate of drug-likeness (QED) is 0.308. The van der Waals surface area contributed by atoms with Gasteiger partial charge in [-0.05, 0) is 33.9 Å². The number of alkyl halides is 3. The first kappa shape index (κ1) is 19.0. The molecule has 4 nitrogen and oxygen atoms in total. The zero-order chi connectivity index (χ0) is 21.3. The van der Waals surface area contributed by atoms with Gasteiger partial charge < -0.3 is 0 Å². The molecule has 5 aromatic rings. The Balaban J connectivity index is 1.88. The van der Waals surface area contributed by atoms with E-state index in [2.05, 4.69) is 42.0 Å². The molecule has 0 spiro atoms. The van der Waals surface area contributed by atoms with Gasteiger partial charge in [0.25, 0.3) is 0 Å². The second-order valence-corrected chi connectivity index (χ2v) is 9.25. The first-order chi connectivity index (χ1) is 14.1. The Morgan fingerprint density at radius 3 is 2.50 bits per heavy atom. The molecule has 30 heavy (non-hydrogen) atoms. The number of thiazole rings is 1. The van der Waals surface area contributed by atoms with E-state index in [0.717, 1.165) is 28.1 Å². The predicted molar refractivity (Wildman–Crippen MR) is 113 cm³/mol. The molecule has 0 fully saturated rings. The van der Waals surface area contributed by atoms with Crippen molar-refractivity contribution in [2.24, 2.45) is 0 Å². The molecule has 8 heteroatoms. The van der Waals surface area contributed by atoms with Crippen LogP contribution in [0, 0.1) is 0 Å². The Kier molecular flexibility index (Phi) is 3.96. The normalized spacial score (nSPS) is 13.0. The number of rotatable bonds is 1. The van der Waals surface area contributed by atoms with Crippen molar-refractivity contribution in [3.05, 3.63) is 60.0 Å². The van der Waals surface area contributed by atoms with Crippen molar-refractivity contribution < 1.29 is 13.2 Å². The topological polar surface area (TPSA) is 43.1 Å². The second-order valence-electron chi connectivity index (χ2n) is 8.28. The minimum atomic E-state index is -4.53. The van der Waals surface area contributed by atoms with Crippen molar-refractivity contribution in [2.45, 2.75) is 32.4 Å². The van der Waals surface area contributed by atoms with Crippen LogP contribution in [0.25, 0.3) is 37.2 Å². The van der Waals surface area contributed by atoms with Crippen LogP contribution in [0.15, 0.2) is 48.9 Å². The lowest BCUT2D eigenvalue weighted by Crippen LogP contribution is -2.12. The smallest absolute Gasteiger partial charge is 0.271 e. The third-order valence-electron chi connectivity index (χ3n) is 5.21. The fourth-order valence-electron chi connectivity index (χ4n) is 3.84. The van der Waals surface area contributed by atoms with Gasteiger partial charge in [0.15, 0.2) is 0 Å². The van der Waals surface area contributed by atoms with E-state index in [4.69, 9.17) is 0 Å². The first-order valence-electron chi connectivity index (χ1n) is 9.36. The summed E-state index contributed by atoms with van der Waals surface area (Å²) in [7, 11) is 0. The molecule has 152 valence electrons. The highest BCUT2D eigenvalue weighted by Crippen LogP contribution is 2.42. The number of hydrogen-bond acceptors (Lipinski definition) is 4. The van der Waals surface area contributed by atoms with Crippen molar-refractivity contribution in [3.63, 3.8) is 0 Å². The van der Waals surface area contributed by atoms with Gasteiger partial charge in [-0.1, -0.05) is 56.4 Å². The molecule has 3 heterocycles. The Morgan fingerprint density at radius 2 is 1.77 bits per heavy atom. The lowest BCUT2D eigenvalue weighted by molar-refractivity contribution is -0.136. The number of hydrogen-bond donors (Lipinski definition) is 0. The van der Waals surface area contributed by atoms with Gasteiger partial charge in [-0.3, -0.25) is 9.38 Å². The molecule has 0 saturated carbocycles. The summed E-state index contributed by atoms with van der Waals surface area (Å²) in [5.41, 5.74) is 1.54. The maximum Gasteiger partial charge on any atom is 0.419 e. The van der Waals surface area contributed by atoms with Gasteiger partial charge in [0, 0.05) is 11.8 Å². The van der Waals surface area contributed by atoms with Gasteiger partial charge in [-0.25, -0.2) is 0 Å². The van der Waals surface area contributed by atoms with Gasteiger partial charge >= 0.3 is 6.18 Å². The molecule has 0 atom stereocenters. The van der Waals surface area contributed by atoms with Crippen molar-refractivity contribution in [1.29, 1.82) is 0 Å². The Morgan fingerprint density at radius 1 is 1.00 bits per heavy atom. The lowest BCUT2D eigenvalue weighted by atomic mass is 9.82. The summed E-state index contributed by atoms with van der Waals surface area (Å²) in [6.07, 6.45) is -2.30. The zero-order valence-electron chi connectivity index (χ0n) is 16.4. The molecule has 0 radical (unpaired) electrons. The number of nitrogens with zero attached hydrogens (tertiary/aromatic N) is 4. The zero-order valence-corrected chi connectivity index (χ0v) is 17.3. The standard InChI is InChI=1S/C22H17F3N4S/c1-21(2,3)15-9-13(8-12-6-4-5-7-14(12)15)17-19-18(16(10-26-17)22(23,24)25)29-11-27-28-20(29)30-19/h4-11H,1-3H3. The van der Waals surface area contributed by atoms with E-state index in [1.165, 1.54) is 22.1 Å². The van der Waals surface area contributed by atoms with Crippen LogP contribution >= 0.6 is 11.3 Å². The molecule has 0 bridgehead atoms. The summed E-state index contributed by atoms with van der Waals surface area (Å²) in [6.45, 7) is 6.37. The summed E-state index contributed by atoms with van der Waals surface area (Å²) >= 11 is 1.17. The van der Waals surface area contributed by atoms with Crippen molar-refractivity contribution >= 4 is 37.3 Å². The molecule has 0 N–H and O–H groups in total. The second kappa shape index (κ2) is 6.25. The molecule has 0 aliphatic rings. The van der Waals surface area contributed by atoms with E-state index < -0.39 is 11.7 Å². The SMILES string of the molecule is CC(C)(C)c1cc(-c2ncc(C(F)(F)F)c3c2sc2nncn23)cc2ccccc12. The minimum absolute atomic E-state index is 0.0444. The van der Waals surface area contributed by atoms with E-state index >= 15 is 0 Å². The third-order valence-corrected chi connectivity index (χ3v) is 6.26. The fraction of sp³-hybridized carbons (Fsp3) is 0.227. The third kappa shape index (κ3) is 2.86. The van der Waals surface area contributed by atoms with E-state index in [0.29, 0.717) is 15.4 Å². The average molecular weight is 426 g/mol. The number of fused-ring (bicyclic) bond motifs is 4. The van der Waals surface area contributed by atoms with Crippen LogP contribution in [0.3, 0.4) is 0 Å². The Bertz CT molecular complexity index is 1420. The Labute approximate surface area is 174 Å². The largest absolute Gasteiger partial charge is 0.419 e. The van der Waals surface area contributed by atoms with Gasteiger partial charge in [-0.2, -0.15) is 13.2 Å². The molecule has 0 unspecified atom stereocenters. The molecule has 0 aliphatic carbocycles. The van der Waals surface area contributed by atoms with Crippen LogP contribution < -0.4 is 0 Å². The maximum atomic E-state index is 13.7. The number of benzene rings is 2. The Hall–Kier alpha value is -3.00. The van der Waals surface area contributed by atoms with Crippen LogP contribution in [-0.2, 0) is 11.6 Å². The maximum absolute atomic E-state index is 13.7. The fourth-order valence-corrected chi connectivity index (χ4v) is 4.92. The van der Waals surface area contributed by atoms with Crippen LogP contribution in [0.1, 0.15) is 31.9 Å². The number of pyridine rings is 1. The summed E-state index contributed by atoms with van der Waals surface area (Å²) in [4.78, 5) is 4.68. The first-order valence-corrected chi connectivity index (χ1v) is 10.2. The van der Waals surface area contributed by atoms with Crippen LogP contribution in [0.4, 0.5) is 13.2 Å². The molecular weight excluding hydrogens is 409 g/mol. The van der Waals surface area contributed by atoms with E-state index in [1.54, 1.807) is 0 Å². The van der Waals surface area contributed by atoms with Gasteiger partial charge in [0.1, 0.15) is 6.33 Å². The van der Waals surface area contributed by atoms with Crippen LogP contribution in [0.2, 0.25) is 0 Å². The van der Waals surface area contributed by atoms with Crippen molar-refractivity contribution in [3.8, 4) is 11.3 Å². The van der Waals surface area contributed by atoms with Gasteiger partial charge in [-0.15, -0.1) is 10.2 Å².